The summed E-state index contributed by atoms with van der Waals surface area (Å²) >= 11 is 0. The average molecular weight is 514 g/mol. The third-order valence-corrected chi connectivity index (χ3v) is 5.90. The van der Waals surface area contributed by atoms with Gasteiger partial charge in [0.25, 0.3) is 0 Å². The third-order valence-electron chi connectivity index (χ3n) is 5.90. The zero-order valence-corrected chi connectivity index (χ0v) is 22.6. The van der Waals surface area contributed by atoms with Crippen LogP contribution < -0.4 is 19.7 Å². The number of hydrogen-bond acceptors (Lipinski definition) is 7. The van der Waals surface area contributed by atoms with Gasteiger partial charge in [0, 0.05) is 31.4 Å². The second-order valence-corrected chi connectivity index (χ2v) is 9.44. The van der Waals surface area contributed by atoms with Crippen LogP contribution >= 0.6 is 0 Å². The number of fused-ring (bicyclic) bond motifs is 1. The fourth-order valence-electron chi connectivity index (χ4n) is 4.19. The van der Waals surface area contributed by atoms with Crippen molar-refractivity contribution in [3.05, 3.63) is 90.1 Å². The highest BCUT2D eigenvalue weighted by Crippen LogP contribution is 2.34. The second-order valence-electron chi connectivity index (χ2n) is 9.44. The van der Waals surface area contributed by atoms with Crippen molar-refractivity contribution < 1.29 is 19.0 Å². The van der Waals surface area contributed by atoms with Crippen molar-refractivity contribution >= 4 is 28.2 Å². The maximum absolute atomic E-state index is 13.5. The van der Waals surface area contributed by atoms with Crippen LogP contribution in [0.25, 0.3) is 10.8 Å². The number of ether oxygens (including phenoxy) is 3. The van der Waals surface area contributed by atoms with Crippen LogP contribution in [0.3, 0.4) is 0 Å². The Morgan fingerprint density at radius 2 is 1.76 bits per heavy atom. The monoisotopic (exact) mass is 513 g/mol. The molecule has 0 aliphatic rings. The lowest BCUT2D eigenvalue weighted by Crippen LogP contribution is -2.23. The Morgan fingerprint density at radius 1 is 0.974 bits per heavy atom. The molecule has 1 heterocycles. The SMILES string of the molecule is CCOc1cc(C(Nc2ccc3c(N(C)C)nccc3c2)C(=O)OCc2ccccc2)ccc1OC(C)C. The zero-order chi connectivity index (χ0) is 27.1. The number of anilines is 2. The lowest BCUT2D eigenvalue weighted by atomic mass is 10.0. The minimum absolute atomic E-state index is 0.0102. The summed E-state index contributed by atoms with van der Waals surface area (Å²) in [6, 6.07) is 22.4. The predicted octanol–water partition coefficient (Wildman–Crippen LogP) is 6.38. The lowest BCUT2D eigenvalue weighted by molar-refractivity contribution is -0.146. The van der Waals surface area contributed by atoms with Gasteiger partial charge in [-0.3, -0.25) is 0 Å². The molecular weight excluding hydrogens is 478 g/mol. The molecule has 7 nitrogen and oxygen atoms in total. The molecule has 1 atom stereocenters. The molecule has 1 unspecified atom stereocenters. The summed E-state index contributed by atoms with van der Waals surface area (Å²) in [5.41, 5.74) is 2.42. The standard InChI is InChI=1S/C31H35N3O4/c1-6-36-28-19-24(12-15-27(28)38-21(2)3)29(31(35)37-20-22-10-8-7-9-11-22)33-25-13-14-26-23(18-25)16-17-32-30(26)34(4)5/h7-19,21,29,33H,6,20H2,1-5H3. The largest absolute Gasteiger partial charge is 0.490 e. The maximum atomic E-state index is 13.5. The molecule has 0 aliphatic carbocycles. The molecule has 3 aromatic carbocycles. The van der Waals surface area contributed by atoms with Gasteiger partial charge in [0.2, 0.25) is 0 Å². The minimum Gasteiger partial charge on any atom is -0.490 e. The molecule has 0 fully saturated rings. The van der Waals surface area contributed by atoms with Gasteiger partial charge in [0.05, 0.1) is 12.7 Å². The van der Waals surface area contributed by atoms with Crippen LogP contribution in [-0.4, -0.2) is 37.8 Å². The Bertz CT molecular complexity index is 1370. The summed E-state index contributed by atoms with van der Waals surface area (Å²) < 4.78 is 17.5. The van der Waals surface area contributed by atoms with Gasteiger partial charge in [-0.2, -0.15) is 0 Å². The first-order valence-electron chi connectivity index (χ1n) is 12.8. The number of pyridine rings is 1. The molecule has 0 radical (unpaired) electrons. The number of carbonyl (C=O) groups excluding carboxylic acids is 1. The van der Waals surface area contributed by atoms with Gasteiger partial charge in [-0.1, -0.05) is 36.4 Å². The van der Waals surface area contributed by atoms with Gasteiger partial charge in [0.15, 0.2) is 17.5 Å². The van der Waals surface area contributed by atoms with E-state index in [-0.39, 0.29) is 12.7 Å². The summed E-state index contributed by atoms with van der Waals surface area (Å²) in [6.07, 6.45) is 1.78. The molecule has 7 heteroatoms. The molecule has 0 saturated heterocycles. The van der Waals surface area contributed by atoms with E-state index in [1.165, 1.54) is 0 Å². The molecular formula is C31H35N3O4. The van der Waals surface area contributed by atoms with E-state index < -0.39 is 12.0 Å². The topological polar surface area (TPSA) is 72.9 Å². The van der Waals surface area contributed by atoms with Crippen LogP contribution in [0.4, 0.5) is 11.5 Å². The van der Waals surface area contributed by atoms with Gasteiger partial charge < -0.3 is 24.4 Å². The van der Waals surface area contributed by atoms with Gasteiger partial charge in [-0.15, -0.1) is 0 Å². The molecule has 1 N–H and O–H groups in total. The van der Waals surface area contributed by atoms with Crippen LogP contribution in [0.5, 0.6) is 11.5 Å². The molecule has 0 amide bonds. The molecule has 4 aromatic rings. The first-order chi connectivity index (χ1) is 18.4. The molecule has 4 rings (SSSR count). The first-order valence-corrected chi connectivity index (χ1v) is 12.8. The predicted molar refractivity (Wildman–Crippen MR) is 152 cm³/mol. The molecule has 0 bridgehead atoms. The number of esters is 1. The Labute approximate surface area is 224 Å². The maximum Gasteiger partial charge on any atom is 0.333 e. The molecule has 1 aromatic heterocycles. The quantitative estimate of drug-likeness (QED) is 0.233. The van der Waals surface area contributed by atoms with Gasteiger partial charge in [0.1, 0.15) is 12.4 Å². The zero-order valence-electron chi connectivity index (χ0n) is 22.6. The van der Waals surface area contributed by atoms with E-state index in [4.69, 9.17) is 14.2 Å². The molecule has 0 saturated carbocycles. The molecule has 198 valence electrons. The Morgan fingerprint density at radius 3 is 2.47 bits per heavy atom. The summed E-state index contributed by atoms with van der Waals surface area (Å²) in [6.45, 7) is 6.50. The lowest BCUT2D eigenvalue weighted by Gasteiger charge is -2.22. The van der Waals surface area contributed by atoms with E-state index in [0.29, 0.717) is 23.7 Å². The summed E-state index contributed by atoms with van der Waals surface area (Å²) in [4.78, 5) is 20.0. The van der Waals surface area contributed by atoms with E-state index >= 15 is 0 Å². The summed E-state index contributed by atoms with van der Waals surface area (Å²) in [5.74, 6) is 1.71. The first kappa shape index (κ1) is 26.8. The fraction of sp³-hybridized carbons (Fsp3) is 0.290. The van der Waals surface area contributed by atoms with Crippen molar-refractivity contribution in [2.24, 2.45) is 0 Å². The van der Waals surface area contributed by atoms with E-state index in [1.54, 1.807) is 6.20 Å². The van der Waals surface area contributed by atoms with E-state index in [2.05, 4.69) is 10.3 Å². The van der Waals surface area contributed by atoms with Crippen LogP contribution in [0.1, 0.15) is 37.9 Å². The van der Waals surface area contributed by atoms with E-state index in [0.717, 1.165) is 27.8 Å². The molecule has 0 spiro atoms. The molecule has 0 aliphatic heterocycles. The number of nitrogens with zero attached hydrogens (tertiary/aromatic N) is 2. The minimum atomic E-state index is -0.765. The van der Waals surface area contributed by atoms with Crippen molar-refractivity contribution in [3.8, 4) is 11.5 Å². The van der Waals surface area contributed by atoms with Crippen molar-refractivity contribution in [2.75, 3.05) is 30.9 Å². The van der Waals surface area contributed by atoms with E-state index in [9.17, 15) is 4.79 Å². The highest BCUT2D eigenvalue weighted by atomic mass is 16.5. The van der Waals surface area contributed by atoms with Crippen LogP contribution in [0, 0.1) is 0 Å². The smallest absolute Gasteiger partial charge is 0.333 e. The average Bonchev–Trinajstić information content (AvgIpc) is 2.91. The third kappa shape index (κ3) is 6.54. The number of hydrogen-bond donors (Lipinski definition) is 1. The fourth-order valence-corrected chi connectivity index (χ4v) is 4.19. The van der Waals surface area contributed by atoms with Crippen molar-refractivity contribution in [1.82, 2.24) is 4.98 Å². The van der Waals surface area contributed by atoms with Gasteiger partial charge in [-0.05, 0) is 73.7 Å². The van der Waals surface area contributed by atoms with Gasteiger partial charge in [-0.25, -0.2) is 9.78 Å². The number of rotatable bonds is 11. The Hall–Kier alpha value is -4.26. The van der Waals surface area contributed by atoms with Crippen LogP contribution in [0.15, 0.2) is 79.0 Å². The summed E-state index contributed by atoms with van der Waals surface area (Å²) in [7, 11) is 3.94. The number of benzene rings is 3. The number of aromatic nitrogens is 1. The summed E-state index contributed by atoms with van der Waals surface area (Å²) in [5, 5.41) is 5.44. The normalized spacial score (nSPS) is 11.7. The Balaban J connectivity index is 1.68. The number of nitrogens with one attached hydrogen (secondary N) is 1. The highest BCUT2D eigenvalue weighted by Gasteiger charge is 2.25. The van der Waals surface area contributed by atoms with Crippen molar-refractivity contribution in [1.29, 1.82) is 0 Å². The Kier molecular flexibility index (Phi) is 8.69. The number of carbonyl (C=O) groups is 1. The second kappa shape index (κ2) is 12.3. The van der Waals surface area contributed by atoms with Crippen LogP contribution in [0.2, 0.25) is 0 Å². The van der Waals surface area contributed by atoms with Crippen molar-refractivity contribution in [3.63, 3.8) is 0 Å². The van der Waals surface area contributed by atoms with E-state index in [1.807, 2.05) is 113 Å². The molecule has 38 heavy (non-hydrogen) atoms. The van der Waals surface area contributed by atoms with Gasteiger partial charge >= 0.3 is 5.97 Å². The highest BCUT2D eigenvalue weighted by molar-refractivity contribution is 5.94. The van der Waals surface area contributed by atoms with Crippen molar-refractivity contribution in [2.45, 2.75) is 39.5 Å². The van der Waals surface area contributed by atoms with Crippen LogP contribution in [-0.2, 0) is 16.1 Å².